The summed E-state index contributed by atoms with van der Waals surface area (Å²) in [6, 6.07) is 15.4. The van der Waals surface area contributed by atoms with Gasteiger partial charge in [0.15, 0.2) is 11.0 Å². The van der Waals surface area contributed by atoms with E-state index in [1.54, 1.807) is 31.0 Å². The second-order valence-corrected chi connectivity index (χ2v) is 8.86. The highest BCUT2D eigenvalue weighted by molar-refractivity contribution is 7.98. The Morgan fingerprint density at radius 2 is 1.91 bits per heavy atom. The van der Waals surface area contributed by atoms with Gasteiger partial charge in [0.25, 0.3) is 0 Å². The molecule has 4 aromatic rings. The van der Waals surface area contributed by atoms with Crippen molar-refractivity contribution in [2.45, 2.75) is 56.5 Å². The molecule has 0 aliphatic rings. The lowest BCUT2D eigenvalue weighted by Gasteiger charge is -2.08. The van der Waals surface area contributed by atoms with E-state index in [4.69, 9.17) is 14.2 Å². The highest BCUT2D eigenvalue weighted by Crippen LogP contribution is 2.27. The molecule has 8 nitrogen and oxygen atoms in total. The fraction of sp³-hybridized carbons (Fsp3) is 0.360. The number of carbonyl (C=O) groups is 1. The minimum absolute atomic E-state index is 0.0160. The van der Waals surface area contributed by atoms with Crippen LogP contribution in [0.4, 0.5) is 5.69 Å². The van der Waals surface area contributed by atoms with Crippen LogP contribution < -0.4 is 10.1 Å². The Hall–Kier alpha value is -3.33. The first-order valence-electron chi connectivity index (χ1n) is 11.5. The molecule has 0 unspecified atom stereocenters. The van der Waals surface area contributed by atoms with Crippen molar-refractivity contribution in [3.8, 4) is 5.75 Å². The van der Waals surface area contributed by atoms with Gasteiger partial charge in [0.2, 0.25) is 11.8 Å². The van der Waals surface area contributed by atoms with Crippen molar-refractivity contribution in [1.82, 2.24) is 19.7 Å². The number of fused-ring (bicyclic) bond motifs is 1. The van der Waals surface area contributed by atoms with Crippen molar-refractivity contribution < 1.29 is 14.1 Å². The zero-order valence-corrected chi connectivity index (χ0v) is 20.3. The molecule has 0 aliphatic carbocycles. The van der Waals surface area contributed by atoms with Crippen LogP contribution in [0.1, 0.15) is 44.3 Å². The molecule has 1 amide bonds. The lowest BCUT2D eigenvalue weighted by Crippen LogP contribution is -2.15. The number of aryl methyl sites for hydroxylation is 1. The van der Waals surface area contributed by atoms with Crippen molar-refractivity contribution in [1.29, 1.82) is 0 Å². The Labute approximate surface area is 203 Å². The number of methoxy groups -OCH3 is 1. The molecule has 4 rings (SSSR count). The summed E-state index contributed by atoms with van der Waals surface area (Å²) in [5.74, 6) is 1.65. The fourth-order valence-corrected chi connectivity index (χ4v) is 4.59. The number of amides is 1. The number of anilines is 1. The molecule has 0 fully saturated rings. The third-order valence-electron chi connectivity index (χ3n) is 5.39. The topological polar surface area (TPSA) is 95.1 Å². The molecule has 2 heterocycles. The van der Waals surface area contributed by atoms with Gasteiger partial charge in [-0.05, 0) is 30.7 Å². The quantitative estimate of drug-likeness (QED) is 0.212. The number of thioether (sulfide) groups is 1. The van der Waals surface area contributed by atoms with Gasteiger partial charge in [0.05, 0.1) is 36.0 Å². The summed E-state index contributed by atoms with van der Waals surface area (Å²) in [6.45, 7) is 3.15. The van der Waals surface area contributed by atoms with E-state index in [1.807, 2.05) is 30.3 Å². The Morgan fingerprint density at radius 1 is 1.09 bits per heavy atom. The van der Waals surface area contributed by atoms with Crippen LogP contribution in [0.5, 0.6) is 5.75 Å². The minimum atomic E-state index is -0.238. The number of para-hydroxylation sites is 4. The Morgan fingerprint density at radius 3 is 2.76 bits per heavy atom. The van der Waals surface area contributed by atoms with Gasteiger partial charge in [-0.2, -0.15) is 4.98 Å². The van der Waals surface area contributed by atoms with Crippen LogP contribution in [-0.4, -0.2) is 32.7 Å². The van der Waals surface area contributed by atoms with Gasteiger partial charge in [-0.25, -0.2) is 4.98 Å². The maximum absolute atomic E-state index is 12.4. The number of imidazole rings is 1. The molecule has 2 aromatic carbocycles. The zero-order chi connectivity index (χ0) is 23.8. The maximum atomic E-state index is 12.4. The largest absolute Gasteiger partial charge is 0.495 e. The van der Waals surface area contributed by atoms with Crippen LogP contribution in [0.25, 0.3) is 11.0 Å². The van der Waals surface area contributed by atoms with Crippen molar-refractivity contribution in [3.05, 3.63) is 60.2 Å². The number of nitrogens with one attached hydrogen (secondary N) is 1. The molecule has 0 saturated carbocycles. The summed E-state index contributed by atoms with van der Waals surface area (Å²) in [6.07, 6.45) is 4.79. The fourth-order valence-electron chi connectivity index (χ4n) is 3.71. The number of nitrogens with zero attached hydrogens (tertiary/aromatic N) is 4. The lowest BCUT2D eigenvalue weighted by atomic mass is 10.2. The standard InChI is InChI=1S/C25H29N5O3S/c1-3-4-5-10-15-30-20-13-8-6-11-18(20)27-25(30)34-17-24-28-22(29-33-24)16-23(31)26-19-12-7-9-14-21(19)32-2/h6-9,11-14H,3-5,10,15-17H2,1-2H3,(H,26,31). The molecule has 1 N–H and O–H groups in total. The van der Waals surface area contributed by atoms with Gasteiger partial charge in [0.1, 0.15) is 5.75 Å². The van der Waals surface area contributed by atoms with Crippen molar-refractivity contribution in [2.75, 3.05) is 12.4 Å². The summed E-state index contributed by atoms with van der Waals surface area (Å²) in [4.78, 5) is 21.6. The molecular weight excluding hydrogens is 450 g/mol. The average Bonchev–Trinajstić information content (AvgIpc) is 3.44. The monoisotopic (exact) mass is 479 g/mol. The van der Waals surface area contributed by atoms with Crippen LogP contribution in [0.15, 0.2) is 58.2 Å². The van der Waals surface area contributed by atoms with Crippen LogP contribution in [-0.2, 0) is 23.5 Å². The number of aromatic nitrogens is 4. The van der Waals surface area contributed by atoms with E-state index in [0.29, 0.717) is 28.9 Å². The zero-order valence-electron chi connectivity index (χ0n) is 19.5. The summed E-state index contributed by atoms with van der Waals surface area (Å²) >= 11 is 1.57. The molecule has 0 aliphatic heterocycles. The van der Waals surface area contributed by atoms with E-state index in [0.717, 1.165) is 29.2 Å². The van der Waals surface area contributed by atoms with Crippen LogP contribution in [0.3, 0.4) is 0 Å². The minimum Gasteiger partial charge on any atom is -0.495 e. The maximum Gasteiger partial charge on any atom is 0.237 e. The molecule has 178 valence electrons. The molecule has 0 atom stereocenters. The molecule has 0 spiro atoms. The van der Waals surface area contributed by atoms with E-state index >= 15 is 0 Å². The lowest BCUT2D eigenvalue weighted by molar-refractivity contribution is -0.115. The number of unbranched alkanes of at least 4 members (excludes halogenated alkanes) is 3. The van der Waals surface area contributed by atoms with Gasteiger partial charge in [0, 0.05) is 6.54 Å². The van der Waals surface area contributed by atoms with Gasteiger partial charge in [-0.3, -0.25) is 4.79 Å². The van der Waals surface area contributed by atoms with Crippen LogP contribution in [0.2, 0.25) is 0 Å². The average molecular weight is 480 g/mol. The number of hydrogen-bond donors (Lipinski definition) is 1. The van der Waals surface area contributed by atoms with Gasteiger partial charge in [-0.15, -0.1) is 0 Å². The Balaban J connectivity index is 1.37. The van der Waals surface area contributed by atoms with Crippen molar-refractivity contribution in [3.63, 3.8) is 0 Å². The molecule has 2 aromatic heterocycles. The number of carbonyl (C=O) groups excluding carboxylic acids is 1. The van der Waals surface area contributed by atoms with E-state index in [2.05, 4.69) is 33.0 Å². The number of rotatable bonds is 12. The first-order valence-corrected chi connectivity index (χ1v) is 12.5. The first kappa shape index (κ1) is 23.8. The number of benzene rings is 2. The summed E-state index contributed by atoms with van der Waals surface area (Å²) < 4.78 is 12.9. The second kappa shape index (κ2) is 11.7. The first-order chi connectivity index (χ1) is 16.7. The predicted octanol–water partition coefficient (Wildman–Crippen LogP) is 5.48. The number of ether oxygens (including phenoxy) is 1. The Bertz CT molecular complexity index is 1240. The third kappa shape index (κ3) is 5.96. The van der Waals surface area contributed by atoms with Crippen molar-refractivity contribution >= 4 is 34.4 Å². The van der Waals surface area contributed by atoms with E-state index < -0.39 is 0 Å². The van der Waals surface area contributed by atoms with E-state index in [9.17, 15) is 4.79 Å². The molecule has 0 saturated heterocycles. The Kier molecular flexibility index (Phi) is 8.19. The van der Waals surface area contributed by atoms with Gasteiger partial charge >= 0.3 is 0 Å². The second-order valence-electron chi connectivity index (χ2n) is 7.91. The highest BCUT2D eigenvalue weighted by atomic mass is 32.2. The molecule has 0 bridgehead atoms. The van der Waals surface area contributed by atoms with E-state index in [1.165, 1.54) is 19.3 Å². The smallest absolute Gasteiger partial charge is 0.237 e. The highest BCUT2D eigenvalue weighted by Gasteiger charge is 2.16. The summed E-state index contributed by atoms with van der Waals surface area (Å²) in [5.41, 5.74) is 2.73. The number of hydrogen-bond acceptors (Lipinski definition) is 7. The third-order valence-corrected chi connectivity index (χ3v) is 6.35. The predicted molar refractivity (Wildman–Crippen MR) is 133 cm³/mol. The normalized spacial score (nSPS) is 11.1. The molecule has 34 heavy (non-hydrogen) atoms. The summed E-state index contributed by atoms with van der Waals surface area (Å²) in [5, 5.41) is 7.73. The summed E-state index contributed by atoms with van der Waals surface area (Å²) in [7, 11) is 1.56. The molecule has 0 radical (unpaired) electrons. The van der Waals surface area contributed by atoms with Crippen molar-refractivity contribution in [2.24, 2.45) is 0 Å². The molecular formula is C25H29N5O3S. The SMILES string of the molecule is CCCCCCn1c(SCc2nc(CC(=O)Nc3ccccc3OC)no2)nc2ccccc21. The van der Waals surface area contributed by atoms with Gasteiger partial charge in [-0.1, -0.05) is 67.4 Å². The molecule has 9 heteroatoms. The van der Waals surface area contributed by atoms with Crippen LogP contribution >= 0.6 is 11.8 Å². The van der Waals surface area contributed by atoms with E-state index in [-0.39, 0.29) is 12.3 Å². The van der Waals surface area contributed by atoms with Gasteiger partial charge < -0.3 is 19.1 Å². The van der Waals surface area contributed by atoms with Crippen LogP contribution in [0, 0.1) is 0 Å².